The number of aryl methyl sites for hydroxylation is 1. The third-order valence-corrected chi connectivity index (χ3v) is 3.77. The van der Waals surface area contributed by atoms with Crippen molar-refractivity contribution in [2.45, 2.75) is 38.6 Å². The van der Waals surface area contributed by atoms with Crippen LogP contribution in [-0.2, 0) is 0 Å². The Morgan fingerprint density at radius 2 is 1.94 bits per heavy atom. The van der Waals surface area contributed by atoms with Gasteiger partial charge in [-0.2, -0.15) is 0 Å². The van der Waals surface area contributed by atoms with Crippen LogP contribution in [0.1, 0.15) is 48.8 Å². The molecule has 1 unspecified atom stereocenters. The van der Waals surface area contributed by atoms with Gasteiger partial charge in [-0.15, -0.1) is 0 Å². The Morgan fingerprint density at radius 3 is 2.56 bits per heavy atom. The average molecular weight is 241 g/mol. The van der Waals surface area contributed by atoms with E-state index in [-0.39, 0.29) is 5.92 Å². The maximum atomic E-state index is 6.28. The predicted molar refractivity (Wildman–Crippen MR) is 73.6 cm³/mol. The molecule has 2 aromatic rings. The lowest BCUT2D eigenvalue weighted by atomic mass is 9.98. The van der Waals surface area contributed by atoms with Gasteiger partial charge in [-0.05, 0) is 25.3 Å². The first kappa shape index (κ1) is 11.3. The highest BCUT2D eigenvalue weighted by molar-refractivity contribution is 5.45. The van der Waals surface area contributed by atoms with Gasteiger partial charge in [0, 0.05) is 12.0 Å². The van der Waals surface area contributed by atoms with E-state index in [0.717, 1.165) is 17.3 Å². The van der Waals surface area contributed by atoms with Crippen LogP contribution in [0.25, 0.3) is 0 Å². The van der Waals surface area contributed by atoms with Crippen LogP contribution >= 0.6 is 0 Å². The van der Waals surface area contributed by atoms with Crippen molar-refractivity contribution < 1.29 is 0 Å². The van der Waals surface area contributed by atoms with Crippen LogP contribution in [0.3, 0.4) is 0 Å². The van der Waals surface area contributed by atoms with E-state index in [1.807, 2.05) is 6.07 Å². The van der Waals surface area contributed by atoms with Crippen LogP contribution in [0.5, 0.6) is 0 Å². The minimum absolute atomic E-state index is 0.255. The summed E-state index contributed by atoms with van der Waals surface area (Å²) in [6, 6.07) is 11.0. The highest BCUT2D eigenvalue weighted by Crippen LogP contribution is 2.40. The van der Waals surface area contributed by atoms with E-state index in [1.165, 1.54) is 18.4 Å². The molecule has 3 heteroatoms. The van der Waals surface area contributed by atoms with Crippen molar-refractivity contribution in [3.05, 3.63) is 47.4 Å². The monoisotopic (exact) mass is 241 g/mol. The van der Waals surface area contributed by atoms with Gasteiger partial charge in [0.1, 0.15) is 11.6 Å². The first-order chi connectivity index (χ1) is 8.68. The highest BCUT2D eigenvalue weighted by Gasteiger charge is 2.29. The third-order valence-electron chi connectivity index (χ3n) is 3.77. The fourth-order valence-electron chi connectivity index (χ4n) is 2.60. The summed E-state index contributed by atoms with van der Waals surface area (Å²) in [7, 11) is 0. The number of aromatic nitrogens is 2. The number of nitrogen functional groups attached to an aromatic ring is 1. The molecule has 0 saturated heterocycles. The number of rotatable bonds is 3. The van der Waals surface area contributed by atoms with Crippen molar-refractivity contribution in [3.63, 3.8) is 0 Å². The zero-order valence-corrected chi connectivity index (χ0v) is 10.9. The Bertz CT molecular complexity index is 553. The van der Waals surface area contributed by atoms with Crippen molar-refractivity contribution in [1.29, 1.82) is 0 Å². The van der Waals surface area contributed by atoms with Crippen molar-refractivity contribution in [3.8, 4) is 0 Å². The lowest BCUT2D eigenvalue weighted by Crippen LogP contribution is -2.05. The molecule has 1 saturated carbocycles. The van der Waals surface area contributed by atoms with Gasteiger partial charge in [0.2, 0.25) is 0 Å². The zero-order chi connectivity index (χ0) is 12.7. The molecule has 0 spiro atoms. The number of hydrogen-bond donors (Lipinski definition) is 1. The second-order valence-electron chi connectivity index (χ2n) is 5.16. The minimum Gasteiger partial charge on any atom is -0.384 e. The number of anilines is 1. The number of benzene rings is 1. The summed E-state index contributed by atoms with van der Waals surface area (Å²) in [6.07, 6.45) is 2.47. The van der Waals surface area contributed by atoms with Crippen molar-refractivity contribution in [2.24, 2.45) is 0 Å². The number of imidazole rings is 1. The fourth-order valence-corrected chi connectivity index (χ4v) is 2.60. The molecule has 1 heterocycles. The summed E-state index contributed by atoms with van der Waals surface area (Å²) in [5, 5.41) is 0. The molecule has 1 aliphatic rings. The molecular formula is C15H19N3. The van der Waals surface area contributed by atoms with Crippen LogP contribution in [0, 0.1) is 6.92 Å². The van der Waals surface area contributed by atoms with Crippen LogP contribution in [0.2, 0.25) is 0 Å². The van der Waals surface area contributed by atoms with Gasteiger partial charge in [0.15, 0.2) is 0 Å². The standard InChI is InChI=1S/C15H19N3/c1-10(12-6-4-3-5-7-12)14-15(16)18(11(2)17-14)13-8-9-13/h3-7,10,13H,8-9,16H2,1-2H3. The summed E-state index contributed by atoms with van der Waals surface area (Å²) in [6.45, 7) is 4.22. The van der Waals surface area contributed by atoms with E-state index < -0.39 is 0 Å². The number of nitrogens with zero attached hydrogens (tertiary/aromatic N) is 2. The van der Waals surface area contributed by atoms with Gasteiger partial charge in [-0.25, -0.2) is 4.98 Å². The molecule has 1 atom stereocenters. The molecule has 1 aliphatic carbocycles. The lowest BCUT2D eigenvalue weighted by Gasteiger charge is -2.11. The van der Waals surface area contributed by atoms with Crippen molar-refractivity contribution in [1.82, 2.24) is 9.55 Å². The maximum absolute atomic E-state index is 6.28. The van der Waals surface area contributed by atoms with Crippen LogP contribution < -0.4 is 5.73 Å². The van der Waals surface area contributed by atoms with E-state index in [0.29, 0.717) is 6.04 Å². The summed E-state index contributed by atoms with van der Waals surface area (Å²) in [4.78, 5) is 4.69. The average Bonchev–Trinajstić information content (AvgIpc) is 3.16. The van der Waals surface area contributed by atoms with Gasteiger partial charge in [0.05, 0.1) is 5.69 Å². The van der Waals surface area contributed by atoms with E-state index in [4.69, 9.17) is 5.73 Å². The number of hydrogen-bond acceptors (Lipinski definition) is 2. The molecule has 2 N–H and O–H groups in total. The summed E-state index contributed by atoms with van der Waals surface area (Å²) in [5.74, 6) is 2.16. The smallest absolute Gasteiger partial charge is 0.127 e. The second kappa shape index (κ2) is 4.16. The molecule has 0 bridgehead atoms. The second-order valence-corrected chi connectivity index (χ2v) is 5.16. The normalized spacial score (nSPS) is 16.8. The number of nitrogens with two attached hydrogens (primary N) is 1. The Balaban J connectivity index is 1.99. The van der Waals surface area contributed by atoms with Crippen LogP contribution in [0.4, 0.5) is 5.82 Å². The van der Waals surface area contributed by atoms with E-state index >= 15 is 0 Å². The Kier molecular flexibility index (Phi) is 2.62. The predicted octanol–water partition coefficient (Wildman–Crippen LogP) is 3.26. The van der Waals surface area contributed by atoms with Gasteiger partial charge in [-0.3, -0.25) is 0 Å². The Labute approximate surface area is 108 Å². The molecule has 3 nitrogen and oxygen atoms in total. The quantitative estimate of drug-likeness (QED) is 0.896. The summed E-state index contributed by atoms with van der Waals surface area (Å²) < 4.78 is 2.20. The molecule has 1 aromatic carbocycles. The molecule has 0 radical (unpaired) electrons. The maximum Gasteiger partial charge on any atom is 0.127 e. The van der Waals surface area contributed by atoms with Crippen molar-refractivity contribution >= 4 is 5.82 Å². The molecule has 0 aliphatic heterocycles. The molecule has 18 heavy (non-hydrogen) atoms. The topological polar surface area (TPSA) is 43.8 Å². The molecule has 1 fully saturated rings. The van der Waals surface area contributed by atoms with Gasteiger partial charge < -0.3 is 10.3 Å². The Morgan fingerprint density at radius 1 is 1.28 bits per heavy atom. The van der Waals surface area contributed by atoms with Gasteiger partial charge >= 0.3 is 0 Å². The SMILES string of the molecule is Cc1nc(C(C)c2ccccc2)c(N)n1C1CC1. The first-order valence-electron chi connectivity index (χ1n) is 6.57. The molecule has 3 rings (SSSR count). The van der Waals surface area contributed by atoms with Crippen LogP contribution in [-0.4, -0.2) is 9.55 Å². The van der Waals surface area contributed by atoms with E-state index in [9.17, 15) is 0 Å². The Hall–Kier alpha value is -1.77. The largest absolute Gasteiger partial charge is 0.384 e. The summed E-state index contributed by atoms with van der Waals surface area (Å²) >= 11 is 0. The molecular weight excluding hydrogens is 222 g/mol. The molecule has 1 aromatic heterocycles. The summed E-state index contributed by atoms with van der Waals surface area (Å²) in [5.41, 5.74) is 8.57. The molecule has 94 valence electrons. The fraction of sp³-hybridized carbons (Fsp3) is 0.400. The van der Waals surface area contributed by atoms with Gasteiger partial charge in [0.25, 0.3) is 0 Å². The first-order valence-corrected chi connectivity index (χ1v) is 6.57. The van der Waals surface area contributed by atoms with E-state index in [2.05, 4.69) is 47.7 Å². The van der Waals surface area contributed by atoms with Crippen LogP contribution in [0.15, 0.2) is 30.3 Å². The molecule has 0 amide bonds. The highest BCUT2D eigenvalue weighted by atomic mass is 15.2. The van der Waals surface area contributed by atoms with Crippen molar-refractivity contribution in [2.75, 3.05) is 5.73 Å². The minimum atomic E-state index is 0.255. The van der Waals surface area contributed by atoms with E-state index in [1.54, 1.807) is 0 Å². The van der Waals surface area contributed by atoms with Gasteiger partial charge in [-0.1, -0.05) is 37.3 Å². The lowest BCUT2D eigenvalue weighted by molar-refractivity contribution is 0.720. The third kappa shape index (κ3) is 1.80. The zero-order valence-electron chi connectivity index (χ0n) is 10.9.